The number of likely N-dealkylation sites (N-methyl/N-ethyl adjacent to an activating group) is 1. The highest BCUT2D eigenvalue weighted by Crippen LogP contribution is 2.18. The van der Waals surface area contributed by atoms with E-state index in [4.69, 9.17) is 0 Å². The Balaban J connectivity index is 1.81. The van der Waals surface area contributed by atoms with Gasteiger partial charge in [-0.1, -0.05) is 29.8 Å². The lowest BCUT2D eigenvalue weighted by Gasteiger charge is -2.17. The topological polar surface area (TPSA) is 90.5 Å². The summed E-state index contributed by atoms with van der Waals surface area (Å²) in [6.07, 6.45) is 0. The molecule has 154 valence electrons. The number of urea groups is 1. The largest absolute Gasteiger partial charge is 0.325 e. The van der Waals surface area contributed by atoms with Crippen molar-refractivity contribution in [1.82, 2.24) is 10.2 Å². The van der Waals surface area contributed by atoms with Gasteiger partial charge in [-0.25, -0.2) is 4.79 Å². The number of hydrogen-bond donors (Lipinski definition) is 3. The molecule has 3 N–H and O–H groups in total. The van der Waals surface area contributed by atoms with Crippen LogP contribution in [0, 0.1) is 27.7 Å². The summed E-state index contributed by atoms with van der Waals surface area (Å²) in [6.45, 7) is 7.71. The molecule has 29 heavy (non-hydrogen) atoms. The van der Waals surface area contributed by atoms with Gasteiger partial charge in [0.25, 0.3) is 0 Å². The number of nitrogens with zero attached hydrogens (tertiary/aromatic N) is 1. The lowest BCUT2D eigenvalue weighted by Crippen LogP contribution is -2.42. The molecule has 0 unspecified atom stereocenters. The minimum absolute atomic E-state index is 0.0273. The Kier molecular flexibility index (Phi) is 7.50. The van der Waals surface area contributed by atoms with Crippen LogP contribution in [0.2, 0.25) is 0 Å². The fourth-order valence-corrected chi connectivity index (χ4v) is 2.90. The number of imide groups is 1. The van der Waals surface area contributed by atoms with Crippen LogP contribution >= 0.6 is 0 Å². The molecule has 2 aromatic rings. The third-order valence-electron chi connectivity index (χ3n) is 4.59. The smallest absolute Gasteiger partial charge is 0.325 e. The zero-order valence-corrected chi connectivity index (χ0v) is 17.6. The molecule has 0 radical (unpaired) electrons. The van der Waals surface area contributed by atoms with Crippen molar-refractivity contribution in [2.75, 3.05) is 30.8 Å². The highest BCUT2D eigenvalue weighted by molar-refractivity contribution is 6.02. The van der Waals surface area contributed by atoms with Gasteiger partial charge in [0.15, 0.2) is 0 Å². The maximum absolute atomic E-state index is 12.2. The van der Waals surface area contributed by atoms with E-state index < -0.39 is 11.9 Å². The van der Waals surface area contributed by atoms with E-state index in [1.54, 1.807) is 18.0 Å². The van der Waals surface area contributed by atoms with E-state index in [2.05, 4.69) is 16.0 Å². The van der Waals surface area contributed by atoms with Crippen LogP contribution in [0.4, 0.5) is 16.2 Å². The second kappa shape index (κ2) is 9.84. The van der Waals surface area contributed by atoms with Crippen molar-refractivity contribution in [1.29, 1.82) is 0 Å². The van der Waals surface area contributed by atoms with Crippen LogP contribution in [-0.2, 0) is 9.59 Å². The minimum atomic E-state index is -0.602. The van der Waals surface area contributed by atoms with Gasteiger partial charge in [0.2, 0.25) is 11.8 Å². The SMILES string of the molecule is Cc1ccc(NC(=O)NC(=O)CN(C)CC(=O)Nc2cccc(C)c2C)c(C)c1. The van der Waals surface area contributed by atoms with Gasteiger partial charge in [-0.05, 0) is 63.6 Å². The fourth-order valence-electron chi connectivity index (χ4n) is 2.90. The quantitative estimate of drug-likeness (QED) is 0.700. The Morgan fingerprint density at radius 1 is 0.828 bits per heavy atom. The Bertz CT molecular complexity index is 924. The van der Waals surface area contributed by atoms with Gasteiger partial charge >= 0.3 is 6.03 Å². The Labute approximate surface area is 171 Å². The van der Waals surface area contributed by atoms with Crippen LogP contribution in [0.1, 0.15) is 22.3 Å². The summed E-state index contributed by atoms with van der Waals surface area (Å²) in [4.78, 5) is 37.9. The molecule has 7 nitrogen and oxygen atoms in total. The first kappa shape index (κ1) is 22.1. The predicted octanol–water partition coefficient (Wildman–Crippen LogP) is 3.14. The monoisotopic (exact) mass is 396 g/mol. The fraction of sp³-hybridized carbons (Fsp3) is 0.318. The molecule has 0 bridgehead atoms. The molecule has 0 spiro atoms. The highest BCUT2D eigenvalue weighted by atomic mass is 16.2. The number of hydrogen-bond acceptors (Lipinski definition) is 4. The molecule has 0 saturated carbocycles. The summed E-state index contributed by atoms with van der Waals surface area (Å²) in [5.41, 5.74) is 5.48. The number of carbonyl (C=O) groups excluding carboxylic acids is 3. The third-order valence-corrected chi connectivity index (χ3v) is 4.59. The molecule has 2 aromatic carbocycles. The average molecular weight is 396 g/mol. The van der Waals surface area contributed by atoms with E-state index in [0.29, 0.717) is 5.69 Å². The van der Waals surface area contributed by atoms with Crippen molar-refractivity contribution in [3.63, 3.8) is 0 Å². The first-order chi connectivity index (χ1) is 13.7. The maximum Gasteiger partial charge on any atom is 0.325 e. The summed E-state index contributed by atoms with van der Waals surface area (Å²) in [5.74, 6) is -0.719. The number of aryl methyl sites for hydroxylation is 3. The van der Waals surface area contributed by atoms with E-state index in [1.807, 2.05) is 58.0 Å². The van der Waals surface area contributed by atoms with Crippen molar-refractivity contribution < 1.29 is 14.4 Å². The lowest BCUT2D eigenvalue weighted by atomic mass is 10.1. The summed E-state index contributed by atoms with van der Waals surface area (Å²) in [6, 6.07) is 10.7. The predicted molar refractivity (Wildman–Crippen MR) is 115 cm³/mol. The number of rotatable bonds is 6. The van der Waals surface area contributed by atoms with Crippen molar-refractivity contribution in [3.05, 3.63) is 58.7 Å². The van der Waals surface area contributed by atoms with Gasteiger partial charge in [0, 0.05) is 11.4 Å². The minimum Gasteiger partial charge on any atom is -0.325 e. The molecule has 0 aliphatic rings. The summed E-state index contributed by atoms with van der Waals surface area (Å²) in [7, 11) is 1.64. The number of amides is 4. The second-order valence-electron chi connectivity index (χ2n) is 7.29. The van der Waals surface area contributed by atoms with Crippen molar-refractivity contribution in [3.8, 4) is 0 Å². The normalized spacial score (nSPS) is 10.6. The third kappa shape index (κ3) is 6.73. The maximum atomic E-state index is 12.2. The van der Waals surface area contributed by atoms with Crippen LogP contribution in [-0.4, -0.2) is 42.9 Å². The van der Waals surface area contributed by atoms with Crippen LogP contribution in [0.5, 0.6) is 0 Å². The second-order valence-corrected chi connectivity index (χ2v) is 7.29. The molecular formula is C22H28N4O3. The van der Waals surface area contributed by atoms with Gasteiger partial charge in [0.05, 0.1) is 13.1 Å². The van der Waals surface area contributed by atoms with Gasteiger partial charge in [0.1, 0.15) is 0 Å². The molecule has 0 aromatic heterocycles. The molecule has 0 heterocycles. The first-order valence-electron chi connectivity index (χ1n) is 9.38. The Morgan fingerprint density at radius 2 is 1.52 bits per heavy atom. The zero-order chi connectivity index (χ0) is 21.6. The number of anilines is 2. The van der Waals surface area contributed by atoms with E-state index in [-0.39, 0.29) is 19.0 Å². The summed E-state index contributed by atoms with van der Waals surface area (Å²) in [5, 5.41) is 7.78. The van der Waals surface area contributed by atoms with Gasteiger partial charge in [-0.15, -0.1) is 0 Å². The molecular weight excluding hydrogens is 368 g/mol. The average Bonchev–Trinajstić information content (AvgIpc) is 2.61. The van der Waals surface area contributed by atoms with E-state index in [1.165, 1.54) is 0 Å². The number of carbonyl (C=O) groups is 3. The molecule has 0 aliphatic carbocycles. The first-order valence-corrected chi connectivity index (χ1v) is 9.38. The summed E-state index contributed by atoms with van der Waals surface area (Å²) >= 11 is 0. The molecule has 2 rings (SSSR count). The van der Waals surface area contributed by atoms with Crippen LogP contribution in [0.3, 0.4) is 0 Å². The van der Waals surface area contributed by atoms with Gasteiger partial charge in [-0.3, -0.25) is 19.8 Å². The van der Waals surface area contributed by atoms with E-state index in [9.17, 15) is 14.4 Å². The van der Waals surface area contributed by atoms with Crippen LogP contribution in [0.25, 0.3) is 0 Å². The molecule has 0 atom stereocenters. The van der Waals surface area contributed by atoms with E-state index >= 15 is 0 Å². The van der Waals surface area contributed by atoms with Crippen molar-refractivity contribution in [2.24, 2.45) is 0 Å². The number of benzene rings is 2. The van der Waals surface area contributed by atoms with Gasteiger partial charge in [-0.2, -0.15) is 0 Å². The molecule has 0 fully saturated rings. The van der Waals surface area contributed by atoms with Gasteiger partial charge < -0.3 is 10.6 Å². The van der Waals surface area contributed by atoms with Crippen molar-refractivity contribution in [2.45, 2.75) is 27.7 Å². The lowest BCUT2D eigenvalue weighted by molar-refractivity contribution is -0.122. The Hall–Kier alpha value is -3.19. The molecule has 4 amide bonds. The standard InChI is InChI=1S/C22H28N4O3/c1-14-9-10-18(16(3)11-14)24-22(29)25-21(28)13-26(5)12-20(27)23-19-8-6-7-15(2)17(19)4/h6-11H,12-13H2,1-5H3,(H,23,27)(H2,24,25,28,29). The molecule has 0 aliphatic heterocycles. The Morgan fingerprint density at radius 3 is 2.21 bits per heavy atom. The molecule has 0 saturated heterocycles. The number of nitrogens with one attached hydrogen (secondary N) is 3. The zero-order valence-electron chi connectivity index (χ0n) is 17.6. The van der Waals surface area contributed by atoms with Crippen LogP contribution < -0.4 is 16.0 Å². The molecule has 7 heteroatoms. The highest BCUT2D eigenvalue weighted by Gasteiger charge is 2.14. The van der Waals surface area contributed by atoms with E-state index in [0.717, 1.165) is 27.9 Å². The van der Waals surface area contributed by atoms with Crippen LogP contribution in [0.15, 0.2) is 36.4 Å². The van der Waals surface area contributed by atoms with Crippen molar-refractivity contribution >= 4 is 29.2 Å². The summed E-state index contributed by atoms with van der Waals surface area (Å²) < 4.78 is 0.